The second-order valence-electron chi connectivity index (χ2n) is 6.02. The van der Waals surface area contributed by atoms with Crippen molar-refractivity contribution in [2.45, 2.75) is 78.4 Å². The molecule has 1 fully saturated rings. The normalized spacial score (nSPS) is 26.3. The SMILES string of the molecule is CCCC[C@@H](/C=C(\C)C[C@@H](CC)[C@H]1O[C@@H]1CO)CC. The van der Waals surface area contributed by atoms with Gasteiger partial charge in [-0.3, -0.25) is 0 Å². The summed E-state index contributed by atoms with van der Waals surface area (Å²) in [4.78, 5) is 0. The van der Waals surface area contributed by atoms with Crippen molar-refractivity contribution in [3.8, 4) is 0 Å². The Morgan fingerprint density at radius 2 is 2.00 bits per heavy atom. The van der Waals surface area contributed by atoms with Gasteiger partial charge in [0.2, 0.25) is 0 Å². The Morgan fingerprint density at radius 3 is 2.47 bits per heavy atom. The predicted molar refractivity (Wildman–Crippen MR) is 81.2 cm³/mol. The van der Waals surface area contributed by atoms with E-state index in [0.29, 0.717) is 12.0 Å². The quantitative estimate of drug-likeness (QED) is 0.472. The van der Waals surface area contributed by atoms with Crippen molar-refractivity contribution in [2.75, 3.05) is 6.61 Å². The summed E-state index contributed by atoms with van der Waals surface area (Å²) in [6, 6.07) is 0. The lowest BCUT2D eigenvalue weighted by molar-refractivity contribution is 0.238. The number of aliphatic hydroxyl groups is 1. The highest BCUT2D eigenvalue weighted by atomic mass is 16.6. The average Bonchev–Trinajstić information content (AvgIpc) is 3.20. The third-order valence-electron chi connectivity index (χ3n) is 4.35. The van der Waals surface area contributed by atoms with Crippen molar-refractivity contribution in [1.82, 2.24) is 0 Å². The van der Waals surface area contributed by atoms with Crippen molar-refractivity contribution in [1.29, 1.82) is 0 Å². The molecule has 2 heteroatoms. The third-order valence-corrected chi connectivity index (χ3v) is 4.35. The molecule has 0 aromatic heterocycles. The van der Waals surface area contributed by atoms with E-state index < -0.39 is 0 Å². The number of ether oxygens (including phenoxy) is 1. The lowest BCUT2D eigenvalue weighted by atomic mass is 9.89. The molecule has 1 aliphatic heterocycles. The van der Waals surface area contributed by atoms with Crippen LogP contribution >= 0.6 is 0 Å². The minimum absolute atomic E-state index is 0.111. The van der Waals surface area contributed by atoms with E-state index in [9.17, 15) is 0 Å². The molecular formula is C17H32O2. The van der Waals surface area contributed by atoms with Gasteiger partial charge < -0.3 is 9.84 Å². The van der Waals surface area contributed by atoms with Gasteiger partial charge >= 0.3 is 0 Å². The molecule has 0 aliphatic carbocycles. The van der Waals surface area contributed by atoms with Crippen LogP contribution in [0.3, 0.4) is 0 Å². The minimum atomic E-state index is 0.111. The zero-order valence-electron chi connectivity index (χ0n) is 13.2. The molecule has 4 atom stereocenters. The largest absolute Gasteiger partial charge is 0.394 e. The van der Waals surface area contributed by atoms with Gasteiger partial charge in [0.1, 0.15) is 6.10 Å². The maximum atomic E-state index is 9.10. The fraction of sp³-hybridized carbons (Fsp3) is 0.882. The van der Waals surface area contributed by atoms with Gasteiger partial charge in [0.25, 0.3) is 0 Å². The van der Waals surface area contributed by atoms with E-state index in [1.807, 2.05) is 0 Å². The van der Waals surface area contributed by atoms with Crippen LogP contribution in [0.25, 0.3) is 0 Å². The van der Waals surface area contributed by atoms with E-state index in [1.165, 1.54) is 31.3 Å². The monoisotopic (exact) mass is 268 g/mol. The molecule has 0 saturated carbocycles. The minimum Gasteiger partial charge on any atom is -0.394 e. The number of hydrogen-bond donors (Lipinski definition) is 1. The van der Waals surface area contributed by atoms with E-state index >= 15 is 0 Å². The number of allylic oxidation sites excluding steroid dienone is 2. The van der Waals surface area contributed by atoms with Crippen molar-refractivity contribution in [3.05, 3.63) is 11.6 Å². The molecule has 112 valence electrons. The van der Waals surface area contributed by atoms with E-state index in [-0.39, 0.29) is 12.7 Å². The Hall–Kier alpha value is -0.340. The smallest absolute Gasteiger partial charge is 0.107 e. The topological polar surface area (TPSA) is 32.8 Å². The Kier molecular flexibility index (Phi) is 7.70. The highest BCUT2D eigenvalue weighted by Crippen LogP contribution is 2.35. The van der Waals surface area contributed by atoms with Gasteiger partial charge in [-0.15, -0.1) is 0 Å². The Bertz CT molecular complexity index is 272. The van der Waals surface area contributed by atoms with Gasteiger partial charge in [-0.05, 0) is 38.0 Å². The van der Waals surface area contributed by atoms with Crippen LogP contribution < -0.4 is 0 Å². The molecule has 0 bridgehead atoms. The summed E-state index contributed by atoms with van der Waals surface area (Å²) in [5.74, 6) is 1.32. The summed E-state index contributed by atoms with van der Waals surface area (Å²) >= 11 is 0. The Balaban J connectivity index is 2.44. The van der Waals surface area contributed by atoms with Gasteiger partial charge in [-0.1, -0.05) is 51.7 Å². The maximum Gasteiger partial charge on any atom is 0.107 e. The number of hydrogen-bond acceptors (Lipinski definition) is 2. The molecule has 2 nitrogen and oxygen atoms in total. The fourth-order valence-corrected chi connectivity index (χ4v) is 2.97. The van der Waals surface area contributed by atoms with Gasteiger partial charge in [-0.25, -0.2) is 0 Å². The summed E-state index contributed by atoms with van der Waals surface area (Å²) in [6.45, 7) is 9.21. The zero-order valence-corrected chi connectivity index (χ0v) is 13.2. The summed E-state index contributed by atoms with van der Waals surface area (Å²) in [5, 5.41) is 9.10. The van der Waals surface area contributed by atoms with E-state index in [1.54, 1.807) is 0 Å². The molecule has 0 unspecified atom stereocenters. The molecule has 0 radical (unpaired) electrons. The maximum absolute atomic E-state index is 9.10. The first-order chi connectivity index (χ1) is 9.15. The van der Waals surface area contributed by atoms with E-state index in [4.69, 9.17) is 9.84 Å². The summed E-state index contributed by atoms with van der Waals surface area (Å²) in [6.07, 6.45) is 10.3. The lowest BCUT2D eigenvalue weighted by Crippen LogP contribution is -2.12. The van der Waals surface area contributed by atoms with Gasteiger partial charge in [0.05, 0.1) is 12.7 Å². The molecule has 0 aromatic carbocycles. The molecule has 1 heterocycles. The number of aliphatic hydroxyl groups excluding tert-OH is 1. The Labute approximate surface area is 119 Å². The molecule has 0 spiro atoms. The average molecular weight is 268 g/mol. The number of rotatable bonds is 10. The van der Waals surface area contributed by atoms with Crippen LogP contribution in [0.2, 0.25) is 0 Å². The van der Waals surface area contributed by atoms with Crippen LogP contribution in [0.15, 0.2) is 11.6 Å². The third kappa shape index (κ3) is 5.66. The van der Waals surface area contributed by atoms with E-state index in [2.05, 4.69) is 33.8 Å². The van der Waals surface area contributed by atoms with E-state index in [0.717, 1.165) is 18.8 Å². The molecule has 1 rings (SSSR count). The van der Waals surface area contributed by atoms with Gasteiger partial charge in [0.15, 0.2) is 0 Å². The first-order valence-corrected chi connectivity index (χ1v) is 8.09. The second-order valence-corrected chi connectivity index (χ2v) is 6.02. The molecule has 1 saturated heterocycles. The fourth-order valence-electron chi connectivity index (χ4n) is 2.97. The van der Waals surface area contributed by atoms with Crippen molar-refractivity contribution < 1.29 is 9.84 Å². The summed E-state index contributed by atoms with van der Waals surface area (Å²) < 4.78 is 5.54. The highest BCUT2D eigenvalue weighted by molar-refractivity contribution is 5.05. The van der Waals surface area contributed by atoms with Crippen molar-refractivity contribution >= 4 is 0 Å². The van der Waals surface area contributed by atoms with Crippen LogP contribution in [0, 0.1) is 11.8 Å². The van der Waals surface area contributed by atoms with Gasteiger partial charge in [-0.2, -0.15) is 0 Å². The molecule has 0 aromatic rings. The predicted octanol–water partition coefficient (Wildman–Crippen LogP) is 4.33. The standard InChI is InChI=1S/C17H32O2/c1-5-8-9-14(6-2)10-13(4)11-15(7-3)17-16(12-18)19-17/h10,14-18H,5-9,11-12H2,1-4H3/b13-10+/t14-,15+,16+,17+/m0/s1. The summed E-state index contributed by atoms with van der Waals surface area (Å²) in [5.41, 5.74) is 1.50. The zero-order chi connectivity index (χ0) is 14.3. The van der Waals surface area contributed by atoms with Gasteiger partial charge in [0, 0.05) is 0 Å². The lowest BCUT2D eigenvalue weighted by Gasteiger charge is -2.15. The molecular weight excluding hydrogens is 236 g/mol. The second kappa shape index (κ2) is 8.76. The van der Waals surface area contributed by atoms with Crippen LogP contribution in [-0.4, -0.2) is 23.9 Å². The van der Waals surface area contributed by atoms with Crippen LogP contribution in [0.5, 0.6) is 0 Å². The van der Waals surface area contributed by atoms with Crippen molar-refractivity contribution in [2.24, 2.45) is 11.8 Å². The number of epoxide rings is 1. The van der Waals surface area contributed by atoms with Crippen molar-refractivity contribution in [3.63, 3.8) is 0 Å². The molecule has 1 N–H and O–H groups in total. The highest BCUT2D eigenvalue weighted by Gasteiger charge is 2.43. The van der Waals surface area contributed by atoms with Crippen LogP contribution in [-0.2, 0) is 4.74 Å². The molecule has 1 aliphatic rings. The first-order valence-electron chi connectivity index (χ1n) is 8.09. The Morgan fingerprint density at radius 1 is 1.26 bits per heavy atom. The molecule has 0 amide bonds. The number of unbranched alkanes of at least 4 members (excludes halogenated alkanes) is 1. The summed E-state index contributed by atoms with van der Waals surface area (Å²) in [7, 11) is 0. The van der Waals surface area contributed by atoms with Crippen LogP contribution in [0.4, 0.5) is 0 Å². The van der Waals surface area contributed by atoms with Crippen LogP contribution in [0.1, 0.15) is 66.2 Å². The first kappa shape index (κ1) is 16.7. The molecule has 19 heavy (non-hydrogen) atoms.